The molecule has 6 nitrogen and oxygen atoms in total. The number of nitrogens with one attached hydrogen (secondary N) is 2. The van der Waals surface area contributed by atoms with Gasteiger partial charge in [0.05, 0.1) is 11.5 Å². The fourth-order valence-corrected chi connectivity index (χ4v) is 2.46. The molecule has 110 valence electrons. The van der Waals surface area contributed by atoms with Gasteiger partial charge >= 0.3 is 5.69 Å². The SMILES string of the molecule is CCOc1cccc(NC2CCCCNC2)c1[N+](=O)[O-]. The van der Waals surface area contributed by atoms with Crippen molar-refractivity contribution in [3.05, 3.63) is 28.3 Å². The third-order valence-corrected chi connectivity index (χ3v) is 3.39. The van der Waals surface area contributed by atoms with E-state index in [9.17, 15) is 10.1 Å². The molecular formula is C14H21N3O3. The molecule has 20 heavy (non-hydrogen) atoms. The lowest BCUT2D eigenvalue weighted by Crippen LogP contribution is -2.31. The van der Waals surface area contributed by atoms with Gasteiger partial charge in [-0.15, -0.1) is 0 Å². The van der Waals surface area contributed by atoms with Crippen LogP contribution in [0.15, 0.2) is 18.2 Å². The monoisotopic (exact) mass is 279 g/mol. The van der Waals surface area contributed by atoms with E-state index in [0.29, 0.717) is 18.0 Å². The van der Waals surface area contributed by atoms with Crippen LogP contribution >= 0.6 is 0 Å². The number of nitrogens with zero attached hydrogens (tertiary/aromatic N) is 1. The Morgan fingerprint density at radius 3 is 3.10 bits per heavy atom. The highest BCUT2D eigenvalue weighted by Gasteiger charge is 2.23. The van der Waals surface area contributed by atoms with Crippen LogP contribution in [0.2, 0.25) is 0 Å². The number of nitro benzene ring substituents is 1. The molecule has 2 N–H and O–H groups in total. The van der Waals surface area contributed by atoms with E-state index in [1.807, 2.05) is 6.92 Å². The quantitative estimate of drug-likeness (QED) is 0.640. The number of para-hydroxylation sites is 1. The summed E-state index contributed by atoms with van der Waals surface area (Å²) in [5.41, 5.74) is 0.563. The Morgan fingerprint density at radius 2 is 2.35 bits per heavy atom. The maximum atomic E-state index is 11.3. The van der Waals surface area contributed by atoms with E-state index in [-0.39, 0.29) is 16.7 Å². The van der Waals surface area contributed by atoms with E-state index >= 15 is 0 Å². The molecule has 0 saturated carbocycles. The first-order valence-corrected chi connectivity index (χ1v) is 7.09. The molecule has 1 heterocycles. The molecule has 0 bridgehead atoms. The lowest BCUT2D eigenvalue weighted by atomic mass is 10.1. The van der Waals surface area contributed by atoms with Crippen LogP contribution in [0.3, 0.4) is 0 Å². The van der Waals surface area contributed by atoms with Crippen molar-refractivity contribution >= 4 is 11.4 Å². The zero-order valence-electron chi connectivity index (χ0n) is 11.7. The minimum Gasteiger partial charge on any atom is -0.487 e. The molecule has 1 aromatic carbocycles. The molecule has 1 aromatic rings. The van der Waals surface area contributed by atoms with Crippen molar-refractivity contribution in [1.29, 1.82) is 0 Å². The van der Waals surface area contributed by atoms with Crippen molar-refractivity contribution in [1.82, 2.24) is 5.32 Å². The summed E-state index contributed by atoms with van der Waals surface area (Å²) in [5.74, 6) is 0.323. The largest absolute Gasteiger partial charge is 0.487 e. The Labute approximate surface area is 118 Å². The summed E-state index contributed by atoms with van der Waals surface area (Å²) in [4.78, 5) is 10.9. The molecule has 2 rings (SSSR count). The van der Waals surface area contributed by atoms with Gasteiger partial charge in [-0.2, -0.15) is 0 Å². The number of hydrogen-bond acceptors (Lipinski definition) is 5. The average Bonchev–Trinajstić information content (AvgIpc) is 2.67. The molecule has 0 radical (unpaired) electrons. The summed E-state index contributed by atoms with van der Waals surface area (Å²) >= 11 is 0. The third kappa shape index (κ3) is 3.60. The fourth-order valence-electron chi connectivity index (χ4n) is 2.46. The predicted octanol–water partition coefficient (Wildman–Crippen LogP) is 2.55. The van der Waals surface area contributed by atoms with Gasteiger partial charge in [0.2, 0.25) is 0 Å². The maximum Gasteiger partial charge on any atom is 0.333 e. The summed E-state index contributed by atoms with van der Waals surface area (Å²) in [6, 6.07) is 5.38. The second-order valence-corrected chi connectivity index (χ2v) is 4.88. The Morgan fingerprint density at radius 1 is 1.50 bits per heavy atom. The molecule has 1 unspecified atom stereocenters. The smallest absolute Gasteiger partial charge is 0.333 e. The molecule has 1 aliphatic rings. The summed E-state index contributed by atoms with van der Waals surface area (Å²) in [6.07, 6.45) is 3.30. The van der Waals surface area contributed by atoms with Gasteiger partial charge in [-0.05, 0) is 38.4 Å². The van der Waals surface area contributed by atoms with Gasteiger partial charge < -0.3 is 15.4 Å². The van der Waals surface area contributed by atoms with Crippen molar-refractivity contribution in [3.63, 3.8) is 0 Å². The standard InChI is InChI=1S/C14H21N3O3/c1-2-20-13-8-5-7-12(14(13)17(18)19)16-11-6-3-4-9-15-10-11/h5,7-8,11,15-16H,2-4,6,9-10H2,1H3. The van der Waals surface area contributed by atoms with Crippen LogP contribution in [-0.2, 0) is 0 Å². The van der Waals surface area contributed by atoms with Crippen LogP contribution in [-0.4, -0.2) is 30.7 Å². The second kappa shape index (κ2) is 7.09. The van der Waals surface area contributed by atoms with Crippen molar-refractivity contribution < 1.29 is 9.66 Å². The first-order valence-electron chi connectivity index (χ1n) is 7.09. The molecule has 0 aromatic heterocycles. The molecule has 1 aliphatic heterocycles. The van der Waals surface area contributed by atoms with Gasteiger partial charge in [-0.25, -0.2) is 0 Å². The van der Waals surface area contributed by atoms with Gasteiger partial charge in [-0.1, -0.05) is 12.5 Å². The maximum absolute atomic E-state index is 11.3. The highest BCUT2D eigenvalue weighted by atomic mass is 16.6. The first-order chi connectivity index (χ1) is 9.72. The summed E-state index contributed by atoms with van der Waals surface area (Å²) in [7, 11) is 0. The van der Waals surface area contributed by atoms with Crippen molar-refractivity contribution in [2.75, 3.05) is 25.0 Å². The van der Waals surface area contributed by atoms with Crippen molar-refractivity contribution in [2.45, 2.75) is 32.2 Å². The lowest BCUT2D eigenvalue weighted by Gasteiger charge is -2.18. The van der Waals surface area contributed by atoms with E-state index in [1.54, 1.807) is 18.2 Å². The third-order valence-electron chi connectivity index (χ3n) is 3.39. The van der Waals surface area contributed by atoms with Crippen LogP contribution in [0.4, 0.5) is 11.4 Å². The van der Waals surface area contributed by atoms with Crippen LogP contribution in [0.1, 0.15) is 26.2 Å². The number of rotatable bonds is 5. The molecule has 1 fully saturated rings. The molecule has 0 aliphatic carbocycles. The summed E-state index contributed by atoms with van der Waals surface area (Å²) in [6.45, 7) is 4.07. The molecule has 0 amide bonds. The second-order valence-electron chi connectivity index (χ2n) is 4.88. The van der Waals surface area contributed by atoms with Gasteiger partial charge in [-0.3, -0.25) is 10.1 Å². The molecular weight excluding hydrogens is 258 g/mol. The Hall–Kier alpha value is -1.82. The average molecular weight is 279 g/mol. The minimum absolute atomic E-state index is 0.0265. The van der Waals surface area contributed by atoms with Crippen LogP contribution in [0.25, 0.3) is 0 Å². The number of anilines is 1. The lowest BCUT2D eigenvalue weighted by molar-refractivity contribution is -0.385. The predicted molar refractivity (Wildman–Crippen MR) is 78.4 cm³/mol. The van der Waals surface area contributed by atoms with Crippen LogP contribution in [0.5, 0.6) is 5.75 Å². The fraction of sp³-hybridized carbons (Fsp3) is 0.571. The number of nitro groups is 1. The van der Waals surface area contributed by atoms with E-state index in [1.165, 1.54) is 0 Å². The Kier molecular flexibility index (Phi) is 5.17. The minimum atomic E-state index is -0.378. The van der Waals surface area contributed by atoms with Gasteiger partial charge in [0.1, 0.15) is 5.69 Å². The van der Waals surface area contributed by atoms with Gasteiger partial charge in [0.25, 0.3) is 0 Å². The first kappa shape index (κ1) is 14.6. The van der Waals surface area contributed by atoms with Crippen molar-refractivity contribution in [2.24, 2.45) is 0 Å². The van der Waals surface area contributed by atoms with E-state index in [4.69, 9.17) is 4.74 Å². The topological polar surface area (TPSA) is 76.4 Å². The number of ether oxygens (including phenoxy) is 1. The number of benzene rings is 1. The molecule has 1 atom stereocenters. The van der Waals surface area contributed by atoms with E-state index < -0.39 is 0 Å². The zero-order valence-corrected chi connectivity index (χ0v) is 11.7. The summed E-state index contributed by atoms with van der Waals surface area (Å²) in [5, 5.41) is 17.9. The Balaban J connectivity index is 2.21. The molecule has 6 heteroatoms. The zero-order chi connectivity index (χ0) is 14.4. The van der Waals surface area contributed by atoms with E-state index in [0.717, 1.165) is 32.4 Å². The van der Waals surface area contributed by atoms with Gasteiger partial charge in [0, 0.05) is 12.6 Å². The summed E-state index contributed by atoms with van der Waals surface area (Å²) < 4.78 is 5.36. The van der Waals surface area contributed by atoms with Crippen molar-refractivity contribution in [3.8, 4) is 5.75 Å². The molecule has 0 spiro atoms. The van der Waals surface area contributed by atoms with Crippen LogP contribution < -0.4 is 15.4 Å². The van der Waals surface area contributed by atoms with Gasteiger partial charge in [0.15, 0.2) is 5.75 Å². The highest BCUT2D eigenvalue weighted by molar-refractivity contribution is 5.68. The molecule has 1 saturated heterocycles. The van der Waals surface area contributed by atoms with E-state index in [2.05, 4.69) is 10.6 Å². The normalized spacial score (nSPS) is 19.1. The van der Waals surface area contributed by atoms with Crippen LogP contribution in [0, 0.1) is 10.1 Å². The Bertz CT molecular complexity index is 457. The number of hydrogen-bond donors (Lipinski definition) is 2. The highest BCUT2D eigenvalue weighted by Crippen LogP contribution is 2.35.